The maximum Gasteiger partial charge on any atom is 0 e. The minimum absolute atomic E-state index is 0. The van der Waals surface area contributed by atoms with Crippen molar-refractivity contribution in [1.29, 1.82) is 0 Å². The van der Waals surface area contributed by atoms with Crippen molar-refractivity contribution in [3.63, 3.8) is 0 Å². The second kappa shape index (κ2) is 15.1. The Morgan fingerprint density at radius 2 is 1.03 bits per heavy atom. The molecule has 1 heteroatoms. The van der Waals surface area contributed by atoms with E-state index in [1.54, 1.807) is 38.5 Å². The normalized spacial score (nSPS) is 32.9. The fraction of sp³-hybridized carbons (Fsp3) is 1.00. The maximum absolute atomic E-state index is 2.66. The van der Waals surface area contributed by atoms with Gasteiger partial charge >= 0.3 is 0 Å². The minimum atomic E-state index is 0. The summed E-state index contributed by atoms with van der Waals surface area (Å²) >= 11 is 0. The first kappa shape index (κ1) is 30.1. The quantitative estimate of drug-likeness (QED) is 0.295. The smallest absolute Gasteiger partial charge is 0 e. The van der Waals surface area contributed by atoms with Gasteiger partial charge in [0.1, 0.15) is 0 Å². The van der Waals surface area contributed by atoms with Crippen LogP contribution in [0.25, 0.3) is 0 Å². The first-order valence-electron chi connectivity index (χ1n) is 14.5. The molecule has 0 aromatic rings. The van der Waals surface area contributed by atoms with Crippen molar-refractivity contribution in [2.45, 2.75) is 145 Å². The molecule has 0 bridgehead atoms. The van der Waals surface area contributed by atoms with Gasteiger partial charge in [-0.25, -0.2) is 0 Å². The zero-order valence-corrected chi connectivity index (χ0v) is 22.1. The molecule has 0 aliphatic heterocycles. The predicted molar refractivity (Wildman–Crippen MR) is 146 cm³/mol. The summed E-state index contributed by atoms with van der Waals surface area (Å²) in [6.07, 6.45) is 24.3. The second-order valence-corrected chi connectivity index (χ2v) is 12.5. The summed E-state index contributed by atoms with van der Waals surface area (Å²) in [7, 11) is 0. The Kier molecular flexibility index (Phi) is 14.2. The van der Waals surface area contributed by atoms with Gasteiger partial charge in [0.25, 0.3) is 0 Å². The zero-order chi connectivity index (χ0) is 21.5. The zero-order valence-electron chi connectivity index (χ0n) is 22.1. The van der Waals surface area contributed by atoms with E-state index in [-0.39, 0.29) is 15.8 Å². The summed E-state index contributed by atoms with van der Waals surface area (Å²) in [4.78, 5) is 0. The molecule has 4 atom stereocenters. The molecule has 4 unspecified atom stereocenters. The van der Waals surface area contributed by atoms with Crippen LogP contribution in [0.2, 0.25) is 0 Å². The van der Waals surface area contributed by atoms with E-state index >= 15 is 0 Å². The molecule has 32 heavy (non-hydrogen) atoms. The van der Waals surface area contributed by atoms with Gasteiger partial charge in [-0.2, -0.15) is 0 Å². The Morgan fingerprint density at radius 1 is 0.562 bits per heavy atom. The van der Waals surface area contributed by atoms with Crippen LogP contribution >= 0.6 is 0 Å². The molecule has 0 amide bonds. The summed E-state index contributed by atoms with van der Waals surface area (Å²) < 4.78 is 0. The molecule has 0 nitrogen and oxygen atoms in total. The van der Waals surface area contributed by atoms with Gasteiger partial charge in [0.2, 0.25) is 0 Å². The van der Waals surface area contributed by atoms with Crippen LogP contribution in [0.4, 0.5) is 0 Å². The number of hydrogen-bond acceptors (Lipinski definition) is 0. The fourth-order valence-corrected chi connectivity index (χ4v) is 8.03. The van der Waals surface area contributed by atoms with Crippen LogP contribution in [-0.4, -0.2) is 8.41 Å². The Morgan fingerprint density at radius 3 is 1.53 bits per heavy atom. The molecular formula is C31H60B. The van der Waals surface area contributed by atoms with E-state index < -0.39 is 0 Å². The molecular weight excluding hydrogens is 383 g/mol. The van der Waals surface area contributed by atoms with Crippen LogP contribution in [0.3, 0.4) is 0 Å². The molecule has 3 aliphatic carbocycles. The molecule has 3 aliphatic rings. The first-order chi connectivity index (χ1) is 14.5. The highest BCUT2D eigenvalue weighted by Crippen LogP contribution is 2.46. The highest BCUT2D eigenvalue weighted by molar-refractivity contribution is 5.75. The van der Waals surface area contributed by atoms with Gasteiger partial charge in [-0.15, -0.1) is 0 Å². The van der Waals surface area contributed by atoms with E-state index in [4.69, 9.17) is 0 Å². The lowest BCUT2D eigenvalue weighted by Gasteiger charge is -2.40. The van der Waals surface area contributed by atoms with E-state index in [9.17, 15) is 0 Å². The van der Waals surface area contributed by atoms with Gasteiger partial charge in [0, 0.05) is 8.41 Å². The van der Waals surface area contributed by atoms with Crippen LogP contribution in [-0.2, 0) is 0 Å². The van der Waals surface area contributed by atoms with Crippen LogP contribution < -0.4 is 0 Å². The molecule has 3 saturated carbocycles. The Hall–Kier alpha value is 0.0649. The standard InChI is InChI=1S/C30H56.CH4.B/c1-6-23(4)26-16-18-27(19-17-26)24(5)20-30(29-14-12-22(3)13-15-29)21-25(7-2)28-10-8-9-11-28;;/h22-30H,6-21H2,1-5H3;1H4;. The van der Waals surface area contributed by atoms with Gasteiger partial charge in [-0.3, -0.25) is 0 Å². The molecule has 0 N–H and O–H groups in total. The van der Waals surface area contributed by atoms with Crippen molar-refractivity contribution >= 4 is 8.41 Å². The van der Waals surface area contributed by atoms with Gasteiger partial charge in [0.05, 0.1) is 0 Å². The maximum atomic E-state index is 2.66. The lowest BCUT2D eigenvalue weighted by Crippen LogP contribution is -2.29. The monoisotopic (exact) mass is 443 g/mol. The largest absolute Gasteiger partial charge is 0.0776 e. The number of hydrogen-bond donors (Lipinski definition) is 0. The molecule has 0 spiro atoms. The topological polar surface area (TPSA) is 0 Å². The molecule has 0 aromatic carbocycles. The molecule has 0 aromatic heterocycles. The molecule has 0 saturated heterocycles. The average Bonchev–Trinajstić information content (AvgIpc) is 3.31. The summed E-state index contributed by atoms with van der Waals surface area (Å²) in [5, 5.41) is 0. The summed E-state index contributed by atoms with van der Waals surface area (Å²) in [5.41, 5.74) is 0. The highest BCUT2D eigenvalue weighted by Gasteiger charge is 2.34. The van der Waals surface area contributed by atoms with E-state index in [0.29, 0.717) is 0 Å². The van der Waals surface area contributed by atoms with E-state index in [1.807, 2.05) is 0 Å². The van der Waals surface area contributed by atoms with Crippen molar-refractivity contribution in [2.75, 3.05) is 0 Å². The van der Waals surface area contributed by atoms with Gasteiger partial charge < -0.3 is 0 Å². The number of rotatable bonds is 10. The van der Waals surface area contributed by atoms with Crippen molar-refractivity contribution in [1.82, 2.24) is 0 Å². The minimum Gasteiger partial charge on any atom is -0.0776 e. The SMILES string of the molecule is C.CCC(C)C1CCC(C(C)CC(CC(CC)C2CCCC2)C2CCC(C)CC2)CC1.[B]. The summed E-state index contributed by atoms with van der Waals surface area (Å²) in [6.45, 7) is 12.6. The predicted octanol–water partition coefficient (Wildman–Crippen LogP) is 10.2. The molecule has 3 fully saturated rings. The molecule has 187 valence electrons. The van der Waals surface area contributed by atoms with Crippen molar-refractivity contribution in [3.8, 4) is 0 Å². The molecule has 0 heterocycles. The third kappa shape index (κ3) is 8.38. The third-order valence-corrected chi connectivity index (χ3v) is 10.7. The van der Waals surface area contributed by atoms with Crippen LogP contribution in [0.5, 0.6) is 0 Å². The van der Waals surface area contributed by atoms with Crippen LogP contribution in [0.15, 0.2) is 0 Å². The van der Waals surface area contributed by atoms with Crippen LogP contribution in [0.1, 0.15) is 145 Å². The van der Waals surface area contributed by atoms with Crippen molar-refractivity contribution in [2.24, 2.45) is 53.3 Å². The van der Waals surface area contributed by atoms with E-state index in [0.717, 1.165) is 53.3 Å². The highest BCUT2D eigenvalue weighted by atomic mass is 14.4. The van der Waals surface area contributed by atoms with E-state index in [1.165, 1.54) is 64.2 Å². The third-order valence-electron chi connectivity index (χ3n) is 10.7. The Balaban J connectivity index is 0.00000256. The fourth-order valence-electron chi connectivity index (χ4n) is 8.03. The Bertz CT molecular complexity index is 451. The molecule has 3 radical (unpaired) electrons. The Labute approximate surface area is 206 Å². The molecule has 3 rings (SSSR count). The lowest BCUT2D eigenvalue weighted by atomic mass is 9.66. The lowest BCUT2D eigenvalue weighted by molar-refractivity contribution is 0.108. The van der Waals surface area contributed by atoms with Gasteiger partial charge in [0.15, 0.2) is 0 Å². The van der Waals surface area contributed by atoms with Crippen molar-refractivity contribution in [3.05, 3.63) is 0 Å². The second-order valence-electron chi connectivity index (χ2n) is 12.5. The van der Waals surface area contributed by atoms with Gasteiger partial charge in [-0.1, -0.05) is 93.4 Å². The van der Waals surface area contributed by atoms with Crippen LogP contribution in [0, 0.1) is 53.3 Å². The first-order valence-corrected chi connectivity index (χ1v) is 14.5. The van der Waals surface area contributed by atoms with Gasteiger partial charge in [-0.05, 0) is 105 Å². The summed E-state index contributed by atoms with van der Waals surface area (Å²) in [5.74, 6) is 9.16. The average molecular weight is 444 g/mol. The summed E-state index contributed by atoms with van der Waals surface area (Å²) in [6, 6.07) is 0. The van der Waals surface area contributed by atoms with E-state index in [2.05, 4.69) is 34.6 Å². The van der Waals surface area contributed by atoms with Crippen molar-refractivity contribution < 1.29 is 0 Å².